The van der Waals surface area contributed by atoms with Crippen molar-refractivity contribution in [3.05, 3.63) is 37.8 Å². The van der Waals surface area contributed by atoms with Gasteiger partial charge in [0.15, 0.2) is 0 Å². The number of phenolic OH excluding ortho intramolecular Hbond substituents is 1. The fraction of sp³-hybridized carbons (Fsp3) is 0. The molecule has 1 nitrogen and oxygen atoms in total. The van der Waals surface area contributed by atoms with Crippen LogP contribution in [0.1, 0.15) is 0 Å². The van der Waals surface area contributed by atoms with Crippen molar-refractivity contribution < 1.29 is 27.5 Å². The largest absolute Gasteiger partial charge is 0.534 e. The van der Waals surface area contributed by atoms with Crippen LogP contribution < -0.4 is 0 Å². The van der Waals surface area contributed by atoms with Gasteiger partial charge in [-0.25, -0.2) is 0 Å². The topological polar surface area (TPSA) is 20.2 Å². The summed E-state index contributed by atoms with van der Waals surface area (Å²) in [5.74, 6) is 0.197. The minimum atomic E-state index is 0. The minimum absolute atomic E-state index is 0. The predicted molar refractivity (Wildman–Crippen MR) is 33.4 cm³/mol. The Morgan fingerprint density at radius 3 is 2.22 bits per heavy atom. The van der Waals surface area contributed by atoms with E-state index in [0.29, 0.717) is 0 Å². The van der Waals surface area contributed by atoms with Gasteiger partial charge in [-0.2, -0.15) is 18.2 Å². The summed E-state index contributed by atoms with van der Waals surface area (Å²) in [6.45, 7) is 0. The van der Waals surface area contributed by atoms with Gasteiger partial charge < -0.3 is 12.5 Å². The zero-order valence-electron chi connectivity index (χ0n) is 5.06. The van der Waals surface area contributed by atoms with Crippen LogP contribution in [-0.4, -0.2) is 5.11 Å². The minimum Gasteiger partial charge on any atom is -0.534 e. The van der Waals surface area contributed by atoms with Gasteiger partial charge in [0, 0.05) is 28.1 Å². The molecule has 0 amide bonds. The molecule has 0 spiro atoms. The summed E-state index contributed by atoms with van der Waals surface area (Å²) in [4.78, 5) is 0. The summed E-state index contributed by atoms with van der Waals surface area (Å²) in [5, 5.41) is 8.58. The van der Waals surface area contributed by atoms with Crippen molar-refractivity contribution >= 4 is 0 Å². The van der Waals surface area contributed by atoms with Gasteiger partial charge in [0.1, 0.15) is 0 Å². The van der Waals surface area contributed by atoms with E-state index in [-0.39, 0.29) is 35.6 Å². The standard InChI is InChI=1S/C6H5O.CH3.Au/c7-6-4-2-1-3-5-6;;/h1-4,7H;1H3;/q2*-1;. The molecule has 0 saturated heterocycles. The molecular weight excluding hydrogens is 297 g/mol. The first-order valence-electron chi connectivity index (χ1n) is 2.05. The maximum atomic E-state index is 8.58. The third-order valence-corrected chi connectivity index (χ3v) is 0.693. The zero-order chi connectivity index (χ0) is 5.11. The quantitative estimate of drug-likeness (QED) is 0.571. The molecular formula is C7H8AuO-2. The van der Waals surface area contributed by atoms with Crippen LogP contribution in [0.25, 0.3) is 0 Å². The molecule has 1 rings (SSSR count). The Labute approximate surface area is 71.2 Å². The number of hydrogen-bond acceptors (Lipinski definition) is 1. The van der Waals surface area contributed by atoms with Crippen LogP contribution in [0.5, 0.6) is 5.75 Å². The van der Waals surface area contributed by atoms with Crippen molar-refractivity contribution in [2.24, 2.45) is 0 Å². The molecule has 0 unspecified atom stereocenters. The second kappa shape index (κ2) is 5.89. The van der Waals surface area contributed by atoms with Gasteiger partial charge in [0.25, 0.3) is 0 Å². The SMILES string of the molecule is Oc1[c-]cccc1.[Au].[CH3-]. The van der Waals surface area contributed by atoms with Crippen LogP contribution in [-0.2, 0) is 22.4 Å². The van der Waals surface area contributed by atoms with Crippen molar-refractivity contribution in [2.45, 2.75) is 0 Å². The average Bonchev–Trinajstić information content (AvgIpc) is 1.69. The van der Waals surface area contributed by atoms with Crippen LogP contribution in [0, 0.1) is 13.5 Å². The Kier molecular flexibility index (Phi) is 7.55. The molecule has 55 valence electrons. The summed E-state index contributed by atoms with van der Waals surface area (Å²) < 4.78 is 0. The summed E-state index contributed by atoms with van der Waals surface area (Å²) >= 11 is 0. The molecule has 1 radical (unpaired) electrons. The smallest absolute Gasteiger partial charge is 0.00397 e. The molecule has 0 aliphatic rings. The summed E-state index contributed by atoms with van der Waals surface area (Å²) in [6.07, 6.45) is 0. The maximum absolute atomic E-state index is 8.58. The van der Waals surface area contributed by atoms with Crippen LogP contribution in [0.4, 0.5) is 0 Å². The predicted octanol–water partition coefficient (Wildman–Crippen LogP) is 1.64. The Hall–Kier alpha value is -0.240. The van der Waals surface area contributed by atoms with E-state index in [1.807, 2.05) is 0 Å². The first kappa shape index (κ1) is 11.5. The zero-order valence-corrected chi connectivity index (χ0v) is 7.22. The van der Waals surface area contributed by atoms with Crippen LogP contribution in [0.15, 0.2) is 24.3 Å². The van der Waals surface area contributed by atoms with E-state index in [0.717, 1.165) is 0 Å². The first-order valence-corrected chi connectivity index (χ1v) is 2.05. The molecule has 1 aromatic rings. The number of aromatic hydroxyl groups is 1. The summed E-state index contributed by atoms with van der Waals surface area (Å²) in [7, 11) is 0. The average molecular weight is 305 g/mol. The molecule has 1 N–H and O–H groups in total. The molecule has 0 aromatic heterocycles. The number of rotatable bonds is 0. The van der Waals surface area contributed by atoms with Gasteiger partial charge in [0.05, 0.1) is 0 Å². The van der Waals surface area contributed by atoms with E-state index in [9.17, 15) is 0 Å². The number of hydrogen-bond donors (Lipinski definition) is 1. The van der Waals surface area contributed by atoms with Gasteiger partial charge in [-0.15, -0.1) is 12.1 Å². The maximum Gasteiger partial charge on any atom is 0.00397 e. The fourth-order valence-electron chi connectivity index (χ4n) is 0.384. The van der Waals surface area contributed by atoms with Crippen LogP contribution in [0.3, 0.4) is 0 Å². The molecule has 0 saturated carbocycles. The Bertz CT molecular complexity index is 139. The van der Waals surface area contributed by atoms with Crippen molar-refractivity contribution in [1.29, 1.82) is 0 Å². The van der Waals surface area contributed by atoms with Crippen molar-refractivity contribution in [3.8, 4) is 5.75 Å². The van der Waals surface area contributed by atoms with E-state index in [4.69, 9.17) is 5.11 Å². The van der Waals surface area contributed by atoms with Gasteiger partial charge in [0.2, 0.25) is 0 Å². The van der Waals surface area contributed by atoms with Gasteiger partial charge >= 0.3 is 0 Å². The molecule has 9 heavy (non-hydrogen) atoms. The summed E-state index contributed by atoms with van der Waals surface area (Å²) in [5.41, 5.74) is 0. The normalized spacial score (nSPS) is 6.67. The fourth-order valence-corrected chi connectivity index (χ4v) is 0.384. The van der Waals surface area contributed by atoms with E-state index < -0.39 is 0 Å². The molecule has 2 heteroatoms. The number of benzene rings is 1. The first-order chi connectivity index (χ1) is 3.39. The second-order valence-corrected chi connectivity index (χ2v) is 1.25. The molecule has 1 aromatic carbocycles. The van der Waals surface area contributed by atoms with Gasteiger partial charge in [-0.05, 0) is 0 Å². The Morgan fingerprint density at radius 2 is 2.00 bits per heavy atom. The Balaban J connectivity index is 0. The van der Waals surface area contributed by atoms with Crippen LogP contribution in [0.2, 0.25) is 0 Å². The second-order valence-electron chi connectivity index (χ2n) is 1.25. The molecule has 0 aliphatic carbocycles. The van der Waals surface area contributed by atoms with Crippen molar-refractivity contribution in [1.82, 2.24) is 0 Å². The molecule has 0 aliphatic heterocycles. The van der Waals surface area contributed by atoms with Crippen molar-refractivity contribution in [3.63, 3.8) is 0 Å². The van der Waals surface area contributed by atoms with Gasteiger partial charge in [-0.3, -0.25) is 0 Å². The third-order valence-electron chi connectivity index (χ3n) is 0.693. The van der Waals surface area contributed by atoms with Crippen LogP contribution >= 0.6 is 0 Å². The van der Waals surface area contributed by atoms with Crippen molar-refractivity contribution in [2.75, 3.05) is 0 Å². The summed E-state index contributed by atoms with van der Waals surface area (Å²) in [6, 6.07) is 9.39. The van der Waals surface area contributed by atoms with E-state index >= 15 is 0 Å². The monoisotopic (exact) mass is 305 g/mol. The third kappa shape index (κ3) is 4.28. The number of para-hydroxylation sites is 1. The van der Waals surface area contributed by atoms with E-state index in [2.05, 4.69) is 6.07 Å². The molecule has 0 fully saturated rings. The van der Waals surface area contributed by atoms with E-state index in [1.165, 1.54) is 0 Å². The molecule has 0 atom stereocenters. The van der Waals surface area contributed by atoms with E-state index in [1.54, 1.807) is 24.3 Å². The molecule has 0 heterocycles. The van der Waals surface area contributed by atoms with Gasteiger partial charge in [-0.1, -0.05) is 0 Å². The Morgan fingerprint density at radius 1 is 1.33 bits per heavy atom. The molecule has 0 bridgehead atoms. The number of phenols is 1.